The summed E-state index contributed by atoms with van der Waals surface area (Å²) in [6.45, 7) is -1.99. The lowest BCUT2D eigenvalue weighted by Crippen LogP contribution is -2.39. The van der Waals surface area contributed by atoms with Gasteiger partial charge in [-0.05, 0) is 0 Å². The first-order valence-electron chi connectivity index (χ1n) is 7.12. The van der Waals surface area contributed by atoms with Gasteiger partial charge in [0.05, 0.1) is 25.2 Å². The van der Waals surface area contributed by atoms with Crippen LogP contribution in [-0.4, -0.2) is 18.6 Å². The van der Waals surface area contributed by atoms with Gasteiger partial charge in [-0.1, -0.05) is 0 Å². The zero-order valence-corrected chi connectivity index (χ0v) is 13.6. The van der Waals surface area contributed by atoms with Gasteiger partial charge in [0.25, 0.3) is 0 Å². The number of rotatable bonds is 4. The number of quaternary nitrogens is 1. The maximum Gasteiger partial charge on any atom is 0.200 e. The van der Waals surface area contributed by atoms with Gasteiger partial charge in [0.15, 0.2) is 46.5 Å². The lowest BCUT2D eigenvalue weighted by molar-refractivity contribution is -0.917. The number of hydrogen-bond donors (Lipinski definition) is 0. The SMILES string of the molecule is C[N+](C)(Cc1c(F)c(F)c(F)c(F)c1F)Cc1c(F)c(F)c(F)c(F)c1F. The van der Waals surface area contributed by atoms with Crippen molar-refractivity contribution in [2.45, 2.75) is 13.1 Å². The molecule has 11 heteroatoms. The molecular formula is C16H10F10N+. The Kier molecular flexibility index (Phi) is 5.46. The Labute approximate surface area is 146 Å². The van der Waals surface area contributed by atoms with Crippen molar-refractivity contribution in [2.75, 3.05) is 14.1 Å². The summed E-state index contributed by atoms with van der Waals surface area (Å²) in [6.07, 6.45) is 0. The van der Waals surface area contributed by atoms with E-state index in [0.717, 1.165) is 14.1 Å². The van der Waals surface area contributed by atoms with E-state index < -0.39 is 86.9 Å². The van der Waals surface area contributed by atoms with Gasteiger partial charge in [-0.3, -0.25) is 0 Å². The summed E-state index contributed by atoms with van der Waals surface area (Å²) in [6, 6.07) is 0. The molecule has 2 rings (SSSR count). The standard InChI is InChI=1S/C16H10F10N/c1-27(2,3-5-7(17)11(21)15(25)12(22)8(5)18)4-6-9(19)13(23)16(26)14(24)10(6)20/h3-4H2,1-2H3/q+1. The van der Waals surface area contributed by atoms with Gasteiger partial charge in [0, 0.05) is 0 Å². The molecule has 0 aliphatic carbocycles. The van der Waals surface area contributed by atoms with Crippen LogP contribution in [0.15, 0.2) is 0 Å². The summed E-state index contributed by atoms with van der Waals surface area (Å²) in [7, 11) is 2.08. The summed E-state index contributed by atoms with van der Waals surface area (Å²) in [5.74, 6) is -22.3. The Bertz CT molecular complexity index is 791. The minimum absolute atomic E-state index is 0.892. The highest BCUT2D eigenvalue weighted by Crippen LogP contribution is 2.29. The van der Waals surface area contributed by atoms with Gasteiger partial charge < -0.3 is 4.48 Å². The van der Waals surface area contributed by atoms with Gasteiger partial charge in [-0.25, -0.2) is 43.9 Å². The van der Waals surface area contributed by atoms with E-state index >= 15 is 0 Å². The maximum atomic E-state index is 13.8. The molecule has 0 bridgehead atoms. The zero-order chi connectivity index (χ0) is 20.8. The van der Waals surface area contributed by atoms with Crippen LogP contribution in [0.3, 0.4) is 0 Å². The third-order valence-electron chi connectivity index (χ3n) is 3.77. The summed E-state index contributed by atoms with van der Waals surface area (Å²) in [4.78, 5) is 0. The average molecular weight is 406 g/mol. The van der Waals surface area contributed by atoms with Crippen molar-refractivity contribution in [1.82, 2.24) is 0 Å². The van der Waals surface area contributed by atoms with Crippen LogP contribution >= 0.6 is 0 Å². The molecule has 0 N–H and O–H groups in total. The van der Waals surface area contributed by atoms with E-state index in [4.69, 9.17) is 0 Å². The minimum Gasteiger partial charge on any atom is -0.321 e. The van der Waals surface area contributed by atoms with E-state index in [1.807, 2.05) is 0 Å². The molecule has 0 radical (unpaired) electrons. The number of nitrogens with zero attached hydrogens (tertiary/aromatic N) is 1. The zero-order valence-electron chi connectivity index (χ0n) is 13.6. The Morgan fingerprint density at radius 3 is 0.815 bits per heavy atom. The van der Waals surface area contributed by atoms with Crippen LogP contribution in [0.5, 0.6) is 0 Å². The number of halogens is 10. The summed E-state index contributed by atoms with van der Waals surface area (Å²) >= 11 is 0. The Morgan fingerprint density at radius 1 is 0.407 bits per heavy atom. The Balaban J connectivity index is 2.49. The molecule has 0 fully saturated rings. The lowest BCUT2D eigenvalue weighted by Gasteiger charge is -2.30. The second-order valence-corrected chi connectivity index (χ2v) is 6.35. The van der Waals surface area contributed by atoms with Gasteiger partial charge in [-0.15, -0.1) is 0 Å². The molecule has 2 aromatic carbocycles. The van der Waals surface area contributed by atoms with Gasteiger partial charge >= 0.3 is 0 Å². The smallest absolute Gasteiger partial charge is 0.200 e. The first-order valence-corrected chi connectivity index (χ1v) is 7.12. The van der Waals surface area contributed by atoms with Crippen LogP contribution in [0.1, 0.15) is 11.1 Å². The van der Waals surface area contributed by atoms with Crippen molar-refractivity contribution in [3.05, 3.63) is 69.3 Å². The van der Waals surface area contributed by atoms with Crippen molar-refractivity contribution >= 4 is 0 Å². The van der Waals surface area contributed by atoms with Gasteiger partial charge in [0.2, 0.25) is 11.6 Å². The van der Waals surface area contributed by atoms with E-state index in [1.54, 1.807) is 0 Å². The summed E-state index contributed by atoms with van der Waals surface area (Å²) < 4.78 is 133. The molecule has 2 aromatic rings. The highest BCUT2D eigenvalue weighted by Gasteiger charge is 2.33. The highest BCUT2D eigenvalue weighted by molar-refractivity contribution is 5.25. The van der Waals surface area contributed by atoms with Gasteiger partial charge in [0.1, 0.15) is 13.1 Å². The molecular weight excluding hydrogens is 396 g/mol. The highest BCUT2D eigenvalue weighted by atomic mass is 19.2. The molecule has 0 saturated heterocycles. The van der Waals surface area contributed by atoms with E-state index in [2.05, 4.69) is 0 Å². The first-order chi connectivity index (χ1) is 12.3. The van der Waals surface area contributed by atoms with Crippen LogP contribution in [-0.2, 0) is 13.1 Å². The summed E-state index contributed by atoms with van der Waals surface area (Å²) in [5.41, 5.74) is -2.58. The number of hydrogen-bond acceptors (Lipinski definition) is 0. The first kappa shape index (κ1) is 21.0. The predicted octanol–water partition coefficient (Wildman–Crippen LogP) is 4.85. The van der Waals surface area contributed by atoms with Crippen molar-refractivity contribution in [3.63, 3.8) is 0 Å². The third-order valence-corrected chi connectivity index (χ3v) is 3.77. The van der Waals surface area contributed by atoms with Crippen LogP contribution < -0.4 is 0 Å². The molecule has 0 aliphatic heterocycles. The average Bonchev–Trinajstić information content (AvgIpc) is 2.62. The lowest BCUT2D eigenvalue weighted by atomic mass is 10.1. The maximum absolute atomic E-state index is 13.8. The molecule has 148 valence electrons. The van der Waals surface area contributed by atoms with E-state index in [0.29, 0.717) is 0 Å². The molecule has 1 nitrogen and oxygen atoms in total. The molecule has 0 saturated carbocycles. The second-order valence-electron chi connectivity index (χ2n) is 6.35. The van der Waals surface area contributed by atoms with Crippen LogP contribution in [0.25, 0.3) is 0 Å². The van der Waals surface area contributed by atoms with E-state index in [9.17, 15) is 43.9 Å². The quantitative estimate of drug-likeness (QED) is 0.295. The molecule has 27 heavy (non-hydrogen) atoms. The topological polar surface area (TPSA) is 0 Å². The molecule has 0 aromatic heterocycles. The molecule has 0 atom stereocenters. The monoisotopic (exact) mass is 406 g/mol. The number of benzene rings is 2. The molecule has 0 amide bonds. The third kappa shape index (κ3) is 3.60. The fourth-order valence-corrected chi connectivity index (χ4v) is 2.49. The van der Waals surface area contributed by atoms with Crippen molar-refractivity contribution in [1.29, 1.82) is 0 Å². The van der Waals surface area contributed by atoms with Crippen LogP contribution in [0.2, 0.25) is 0 Å². The van der Waals surface area contributed by atoms with Crippen LogP contribution in [0, 0.1) is 58.2 Å². The fraction of sp³-hybridized carbons (Fsp3) is 0.250. The fourth-order valence-electron chi connectivity index (χ4n) is 2.49. The minimum atomic E-state index is -2.39. The molecule has 0 aliphatic rings. The largest absolute Gasteiger partial charge is 0.321 e. The van der Waals surface area contributed by atoms with Crippen LogP contribution in [0.4, 0.5) is 43.9 Å². The predicted molar refractivity (Wildman–Crippen MR) is 72.0 cm³/mol. The Hall–Kier alpha value is -2.30. The summed E-state index contributed by atoms with van der Waals surface area (Å²) in [5, 5.41) is 0. The van der Waals surface area contributed by atoms with Crippen molar-refractivity contribution < 1.29 is 48.4 Å². The van der Waals surface area contributed by atoms with Gasteiger partial charge in [-0.2, -0.15) is 0 Å². The van der Waals surface area contributed by atoms with E-state index in [1.165, 1.54) is 0 Å². The normalized spacial score (nSPS) is 12.0. The molecule has 0 heterocycles. The second kappa shape index (κ2) is 7.02. The van der Waals surface area contributed by atoms with Crippen molar-refractivity contribution in [3.8, 4) is 0 Å². The van der Waals surface area contributed by atoms with E-state index in [-0.39, 0.29) is 0 Å². The molecule has 0 unspecified atom stereocenters. The Morgan fingerprint density at radius 2 is 0.593 bits per heavy atom. The van der Waals surface area contributed by atoms with Crippen molar-refractivity contribution in [2.24, 2.45) is 0 Å². The molecule has 0 spiro atoms.